The molecule has 2 aromatic carbocycles. The van der Waals surface area contributed by atoms with Gasteiger partial charge >= 0.3 is 0 Å². The number of aromatic amines is 1. The standard InChI is InChI=1S/C19H10Cl3N3OS/c20-11-3-1-10(2-4-11)19-23-13(9-27-19)8-15(22)17-24-16-7-12(21)5-6-14(16)18(26)25-17/h1-9H,(H,24,25,26)/b15-8-. The minimum Gasteiger partial charge on any atom is -0.305 e. The summed E-state index contributed by atoms with van der Waals surface area (Å²) in [6.07, 6.45) is 1.66. The van der Waals surface area contributed by atoms with E-state index in [1.807, 2.05) is 29.6 Å². The number of aromatic nitrogens is 3. The summed E-state index contributed by atoms with van der Waals surface area (Å²) in [6, 6.07) is 12.3. The van der Waals surface area contributed by atoms with Gasteiger partial charge in [0.15, 0.2) is 5.82 Å². The van der Waals surface area contributed by atoms with Crippen LogP contribution in [0.15, 0.2) is 52.6 Å². The average molecular weight is 435 g/mol. The summed E-state index contributed by atoms with van der Waals surface area (Å²) in [6.45, 7) is 0. The van der Waals surface area contributed by atoms with Gasteiger partial charge < -0.3 is 4.98 Å². The molecule has 4 rings (SSSR count). The average Bonchev–Trinajstić information content (AvgIpc) is 3.10. The Hall–Kier alpha value is -2.18. The van der Waals surface area contributed by atoms with Crippen LogP contribution >= 0.6 is 46.1 Å². The third kappa shape index (κ3) is 3.92. The first-order valence-corrected chi connectivity index (χ1v) is 9.79. The summed E-state index contributed by atoms with van der Waals surface area (Å²) < 4.78 is 0. The van der Waals surface area contributed by atoms with Gasteiger partial charge in [-0.1, -0.05) is 46.9 Å². The van der Waals surface area contributed by atoms with E-state index in [1.165, 1.54) is 11.3 Å². The Kier molecular flexibility index (Phi) is 5.02. The van der Waals surface area contributed by atoms with Crippen molar-refractivity contribution in [2.75, 3.05) is 0 Å². The van der Waals surface area contributed by atoms with Gasteiger partial charge in [0.1, 0.15) is 5.01 Å². The number of nitrogens with zero attached hydrogens (tertiary/aromatic N) is 2. The van der Waals surface area contributed by atoms with Crippen LogP contribution in [0.5, 0.6) is 0 Å². The first-order chi connectivity index (χ1) is 13.0. The molecule has 2 aromatic heterocycles. The topological polar surface area (TPSA) is 58.6 Å². The van der Waals surface area contributed by atoms with E-state index < -0.39 is 0 Å². The van der Waals surface area contributed by atoms with E-state index >= 15 is 0 Å². The molecule has 0 atom stereocenters. The maximum Gasteiger partial charge on any atom is 0.259 e. The fourth-order valence-corrected chi connectivity index (χ4v) is 3.78. The molecule has 1 N–H and O–H groups in total. The van der Waals surface area contributed by atoms with Crippen molar-refractivity contribution in [3.8, 4) is 10.6 Å². The number of rotatable bonds is 3. The fourth-order valence-electron chi connectivity index (χ4n) is 2.50. The molecule has 0 aliphatic heterocycles. The minimum atomic E-state index is -0.279. The Balaban J connectivity index is 1.69. The number of halogens is 3. The van der Waals surface area contributed by atoms with E-state index in [2.05, 4.69) is 15.0 Å². The summed E-state index contributed by atoms with van der Waals surface area (Å²) in [5.41, 5.74) is 1.84. The van der Waals surface area contributed by atoms with Gasteiger partial charge in [-0.15, -0.1) is 11.3 Å². The predicted octanol–water partition coefficient (Wildman–Crippen LogP) is 6.09. The second-order valence-corrected chi connectivity index (χ2v) is 7.79. The predicted molar refractivity (Wildman–Crippen MR) is 114 cm³/mol. The lowest BCUT2D eigenvalue weighted by atomic mass is 10.2. The van der Waals surface area contributed by atoms with Crippen LogP contribution in [0.2, 0.25) is 10.0 Å². The Morgan fingerprint density at radius 1 is 1.04 bits per heavy atom. The number of hydrogen-bond acceptors (Lipinski definition) is 4. The second kappa shape index (κ2) is 7.44. The molecule has 0 fully saturated rings. The van der Waals surface area contributed by atoms with Crippen LogP contribution in [0, 0.1) is 0 Å². The van der Waals surface area contributed by atoms with Crippen molar-refractivity contribution in [3.05, 3.63) is 79.8 Å². The highest BCUT2D eigenvalue weighted by molar-refractivity contribution is 7.13. The third-order valence-corrected chi connectivity index (χ3v) is 5.47. The molecular formula is C19H10Cl3N3OS. The summed E-state index contributed by atoms with van der Waals surface area (Å²) >= 11 is 19.8. The monoisotopic (exact) mass is 433 g/mol. The van der Waals surface area contributed by atoms with Gasteiger partial charge in [0.05, 0.1) is 21.6 Å². The van der Waals surface area contributed by atoms with Crippen molar-refractivity contribution >= 4 is 68.2 Å². The highest BCUT2D eigenvalue weighted by atomic mass is 35.5. The molecule has 8 heteroatoms. The molecule has 0 aliphatic rings. The molecule has 0 unspecified atom stereocenters. The zero-order valence-electron chi connectivity index (χ0n) is 13.5. The maximum atomic E-state index is 12.2. The van der Waals surface area contributed by atoms with Crippen molar-refractivity contribution in [2.45, 2.75) is 0 Å². The molecule has 0 bridgehead atoms. The highest BCUT2D eigenvalue weighted by Crippen LogP contribution is 2.27. The molecule has 4 aromatic rings. The molecule has 0 radical (unpaired) electrons. The van der Waals surface area contributed by atoms with Crippen molar-refractivity contribution < 1.29 is 0 Å². The number of H-pyrrole nitrogens is 1. The molecule has 4 nitrogen and oxygen atoms in total. The number of nitrogens with one attached hydrogen (secondary N) is 1. The maximum absolute atomic E-state index is 12.2. The second-order valence-electron chi connectivity index (χ2n) is 5.65. The smallest absolute Gasteiger partial charge is 0.259 e. The van der Waals surface area contributed by atoms with Gasteiger partial charge in [-0.2, -0.15) is 0 Å². The molecule has 0 saturated carbocycles. The van der Waals surface area contributed by atoms with Crippen molar-refractivity contribution in [3.63, 3.8) is 0 Å². The highest BCUT2D eigenvalue weighted by Gasteiger charge is 2.09. The summed E-state index contributed by atoms with van der Waals surface area (Å²) in [7, 11) is 0. The number of thiazole rings is 1. The van der Waals surface area contributed by atoms with Crippen molar-refractivity contribution in [1.29, 1.82) is 0 Å². The van der Waals surface area contributed by atoms with E-state index in [4.69, 9.17) is 34.8 Å². The van der Waals surface area contributed by atoms with Gasteiger partial charge in [0, 0.05) is 21.0 Å². The van der Waals surface area contributed by atoms with Crippen molar-refractivity contribution in [2.24, 2.45) is 0 Å². The van der Waals surface area contributed by atoms with E-state index in [9.17, 15) is 4.79 Å². The van der Waals surface area contributed by atoms with Gasteiger partial charge in [0.2, 0.25) is 0 Å². The quantitative estimate of drug-likeness (QED) is 0.424. The fraction of sp³-hybridized carbons (Fsp3) is 0. The third-order valence-electron chi connectivity index (χ3n) is 3.78. The van der Waals surface area contributed by atoms with Crippen LogP contribution < -0.4 is 5.56 Å². The molecule has 0 amide bonds. The molecule has 2 heterocycles. The zero-order chi connectivity index (χ0) is 19.0. The van der Waals surface area contributed by atoms with Gasteiger partial charge in [-0.05, 0) is 36.4 Å². The molecular weight excluding hydrogens is 425 g/mol. The molecule has 134 valence electrons. The van der Waals surface area contributed by atoms with Crippen LogP contribution in [-0.4, -0.2) is 15.0 Å². The van der Waals surface area contributed by atoms with E-state index in [0.717, 1.165) is 10.6 Å². The van der Waals surface area contributed by atoms with Crippen LogP contribution in [-0.2, 0) is 0 Å². The SMILES string of the molecule is O=c1[nH]c(/C(Cl)=C/c2csc(-c3ccc(Cl)cc3)n2)nc2cc(Cl)ccc12. The lowest BCUT2D eigenvalue weighted by molar-refractivity contribution is 1.13. The lowest BCUT2D eigenvalue weighted by Gasteiger charge is -2.02. The Morgan fingerprint density at radius 3 is 2.56 bits per heavy atom. The van der Waals surface area contributed by atoms with E-state index in [1.54, 1.807) is 24.3 Å². The summed E-state index contributed by atoms with van der Waals surface area (Å²) in [5, 5.41) is 4.62. The number of benzene rings is 2. The lowest BCUT2D eigenvalue weighted by Crippen LogP contribution is -2.10. The first-order valence-electron chi connectivity index (χ1n) is 7.78. The summed E-state index contributed by atoms with van der Waals surface area (Å²) in [5.74, 6) is 0.262. The van der Waals surface area contributed by atoms with Crippen molar-refractivity contribution in [1.82, 2.24) is 15.0 Å². The largest absolute Gasteiger partial charge is 0.305 e. The van der Waals surface area contributed by atoms with Crippen LogP contribution in [0.1, 0.15) is 11.5 Å². The first kappa shape index (κ1) is 18.2. The Morgan fingerprint density at radius 2 is 1.78 bits per heavy atom. The van der Waals surface area contributed by atoms with E-state index in [0.29, 0.717) is 26.6 Å². The molecule has 0 aliphatic carbocycles. The van der Waals surface area contributed by atoms with Crippen LogP contribution in [0.3, 0.4) is 0 Å². The molecule has 27 heavy (non-hydrogen) atoms. The number of fused-ring (bicyclic) bond motifs is 1. The Labute approximate surface area is 173 Å². The zero-order valence-corrected chi connectivity index (χ0v) is 16.6. The molecule has 0 saturated heterocycles. The number of hydrogen-bond donors (Lipinski definition) is 1. The van der Waals surface area contributed by atoms with Crippen LogP contribution in [0.4, 0.5) is 0 Å². The van der Waals surface area contributed by atoms with Crippen LogP contribution in [0.25, 0.3) is 32.6 Å². The van der Waals surface area contributed by atoms with Gasteiger partial charge in [-0.3, -0.25) is 4.79 Å². The Bertz CT molecular complexity index is 1230. The molecule has 0 spiro atoms. The minimum absolute atomic E-state index is 0.262. The normalized spacial score (nSPS) is 11.9. The summed E-state index contributed by atoms with van der Waals surface area (Å²) in [4.78, 5) is 23.9. The van der Waals surface area contributed by atoms with Gasteiger partial charge in [-0.25, -0.2) is 9.97 Å². The van der Waals surface area contributed by atoms with E-state index in [-0.39, 0.29) is 16.4 Å². The van der Waals surface area contributed by atoms with Gasteiger partial charge in [0.25, 0.3) is 5.56 Å².